The van der Waals surface area contributed by atoms with Gasteiger partial charge in [0.25, 0.3) is 0 Å². The number of para-hydroxylation sites is 1. The number of aromatic nitrogens is 3. The highest BCUT2D eigenvalue weighted by molar-refractivity contribution is 7.99. The van der Waals surface area contributed by atoms with Crippen molar-refractivity contribution in [1.29, 1.82) is 0 Å². The number of rotatable bonds is 2. The Balaban J connectivity index is 1.54. The number of benzene rings is 2. The van der Waals surface area contributed by atoms with Gasteiger partial charge in [-0.3, -0.25) is 4.98 Å². The second-order valence-corrected chi connectivity index (χ2v) is 7.53. The van der Waals surface area contributed by atoms with Crippen molar-refractivity contribution in [2.75, 3.05) is 29.5 Å². The standard InChI is InChI=1S/C20H18N4S/c1-2-4-17-14(3-1)11-15(13-21-17)20-22-18-6-5-16(12-19(18)23-20)24-7-9-25-10-8-24/h1-6,11-13H,7-10H2,(H,22,23). The molecule has 124 valence electrons. The number of hydrogen-bond donors (Lipinski definition) is 1. The number of thioether (sulfide) groups is 1. The first-order valence-corrected chi connectivity index (χ1v) is 9.70. The second kappa shape index (κ2) is 6.08. The van der Waals surface area contributed by atoms with E-state index < -0.39 is 0 Å². The van der Waals surface area contributed by atoms with Crippen LogP contribution in [-0.4, -0.2) is 39.5 Å². The fraction of sp³-hybridized carbons (Fsp3) is 0.200. The molecule has 1 saturated heterocycles. The molecule has 2 aromatic carbocycles. The summed E-state index contributed by atoms with van der Waals surface area (Å²) in [5.41, 5.74) is 5.38. The molecular formula is C20H18N4S. The van der Waals surface area contributed by atoms with Gasteiger partial charge in [-0.15, -0.1) is 0 Å². The Kier molecular flexibility index (Phi) is 3.59. The van der Waals surface area contributed by atoms with Crippen LogP contribution in [0.2, 0.25) is 0 Å². The summed E-state index contributed by atoms with van der Waals surface area (Å²) >= 11 is 2.03. The molecule has 0 spiro atoms. The highest BCUT2D eigenvalue weighted by atomic mass is 32.2. The van der Waals surface area contributed by atoms with Crippen LogP contribution in [0.25, 0.3) is 33.3 Å². The van der Waals surface area contributed by atoms with Gasteiger partial charge in [-0.05, 0) is 30.3 Å². The van der Waals surface area contributed by atoms with Gasteiger partial charge in [0.1, 0.15) is 5.82 Å². The molecule has 0 atom stereocenters. The molecule has 1 N–H and O–H groups in total. The predicted octanol–water partition coefficient (Wildman–Crippen LogP) is 4.33. The van der Waals surface area contributed by atoms with Gasteiger partial charge < -0.3 is 9.88 Å². The van der Waals surface area contributed by atoms with E-state index in [-0.39, 0.29) is 0 Å². The SMILES string of the molecule is c1ccc2ncc(-c3nc4ccc(N5CCSCC5)cc4[nH]3)cc2c1. The van der Waals surface area contributed by atoms with Crippen LogP contribution in [0.4, 0.5) is 5.69 Å². The largest absolute Gasteiger partial charge is 0.370 e. The molecule has 1 aliphatic rings. The van der Waals surface area contributed by atoms with E-state index in [1.54, 1.807) is 0 Å². The number of anilines is 1. The monoisotopic (exact) mass is 346 g/mol. The van der Waals surface area contributed by atoms with E-state index in [0.717, 1.165) is 46.4 Å². The molecule has 5 heteroatoms. The lowest BCUT2D eigenvalue weighted by molar-refractivity contribution is 0.859. The molecule has 0 bridgehead atoms. The molecule has 4 nitrogen and oxygen atoms in total. The van der Waals surface area contributed by atoms with Gasteiger partial charge in [0.05, 0.1) is 16.6 Å². The van der Waals surface area contributed by atoms with Gasteiger partial charge in [0, 0.05) is 47.4 Å². The number of H-pyrrole nitrogens is 1. The smallest absolute Gasteiger partial charge is 0.140 e. The van der Waals surface area contributed by atoms with E-state index >= 15 is 0 Å². The van der Waals surface area contributed by atoms with Crippen molar-refractivity contribution in [1.82, 2.24) is 15.0 Å². The van der Waals surface area contributed by atoms with Crippen LogP contribution in [0, 0.1) is 0 Å². The van der Waals surface area contributed by atoms with E-state index in [2.05, 4.69) is 45.2 Å². The highest BCUT2D eigenvalue weighted by Gasteiger charge is 2.13. The van der Waals surface area contributed by atoms with Crippen molar-refractivity contribution in [2.24, 2.45) is 0 Å². The number of nitrogens with zero attached hydrogens (tertiary/aromatic N) is 3. The fourth-order valence-electron chi connectivity index (χ4n) is 3.35. The van der Waals surface area contributed by atoms with Gasteiger partial charge in [-0.2, -0.15) is 11.8 Å². The van der Waals surface area contributed by atoms with Crippen molar-refractivity contribution in [3.63, 3.8) is 0 Å². The Morgan fingerprint density at radius 3 is 2.76 bits per heavy atom. The molecule has 0 unspecified atom stereocenters. The zero-order valence-electron chi connectivity index (χ0n) is 13.8. The van der Waals surface area contributed by atoms with Crippen LogP contribution in [0.5, 0.6) is 0 Å². The second-order valence-electron chi connectivity index (χ2n) is 6.30. The van der Waals surface area contributed by atoms with Crippen LogP contribution in [-0.2, 0) is 0 Å². The molecular weight excluding hydrogens is 328 g/mol. The summed E-state index contributed by atoms with van der Waals surface area (Å²) < 4.78 is 0. The average Bonchev–Trinajstić information content (AvgIpc) is 3.11. The number of fused-ring (bicyclic) bond motifs is 2. The topological polar surface area (TPSA) is 44.8 Å². The zero-order valence-corrected chi connectivity index (χ0v) is 14.6. The first kappa shape index (κ1) is 14.8. The third kappa shape index (κ3) is 2.74. The minimum Gasteiger partial charge on any atom is -0.370 e. The van der Waals surface area contributed by atoms with Crippen LogP contribution in [0.1, 0.15) is 0 Å². The van der Waals surface area contributed by atoms with E-state index in [0.29, 0.717) is 0 Å². The summed E-state index contributed by atoms with van der Waals surface area (Å²) in [6.45, 7) is 2.23. The maximum Gasteiger partial charge on any atom is 0.140 e. The van der Waals surface area contributed by atoms with E-state index in [1.165, 1.54) is 17.2 Å². The molecule has 0 saturated carbocycles. The zero-order chi connectivity index (χ0) is 16.6. The van der Waals surface area contributed by atoms with E-state index in [9.17, 15) is 0 Å². The Morgan fingerprint density at radius 2 is 1.84 bits per heavy atom. The minimum atomic E-state index is 0.875. The van der Waals surface area contributed by atoms with Gasteiger partial charge in [-0.1, -0.05) is 18.2 Å². The first-order chi connectivity index (χ1) is 12.4. The summed E-state index contributed by atoms with van der Waals surface area (Å²) in [5.74, 6) is 3.28. The van der Waals surface area contributed by atoms with Crippen LogP contribution < -0.4 is 4.90 Å². The Hall–Kier alpha value is -2.53. The van der Waals surface area contributed by atoms with Gasteiger partial charge in [-0.25, -0.2) is 4.98 Å². The third-order valence-corrected chi connectivity index (χ3v) is 5.65. The fourth-order valence-corrected chi connectivity index (χ4v) is 4.26. The van der Waals surface area contributed by atoms with Crippen molar-refractivity contribution >= 4 is 39.4 Å². The molecule has 0 aliphatic carbocycles. The predicted molar refractivity (Wildman–Crippen MR) is 106 cm³/mol. The lowest BCUT2D eigenvalue weighted by Gasteiger charge is -2.28. The van der Waals surface area contributed by atoms with Gasteiger partial charge in [0.15, 0.2) is 0 Å². The van der Waals surface area contributed by atoms with Gasteiger partial charge in [0.2, 0.25) is 0 Å². The van der Waals surface area contributed by atoms with Crippen LogP contribution >= 0.6 is 11.8 Å². The lowest BCUT2D eigenvalue weighted by atomic mass is 10.1. The quantitative estimate of drug-likeness (QED) is 0.587. The van der Waals surface area contributed by atoms with E-state index in [1.807, 2.05) is 36.2 Å². The Morgan fingerprint density at radius 1 is 0.960 bits per heavy atom. The van der Waals surface area contributed by atoms with Crippen molar-refractivity contribution in [3.05, 3.63) is 54.7 Å². The Labute approximate surface area is 150 Å². The summed E-state index contributed by atoms with van der Waals surface area (Å²) in [4.78, 5) is 15.2. The molecule has 2 aromatic heterocycles. The molecule has 1 aliphatic heterocycles. The number of aromatic amines is 1. The van der Waals surface area contributed by atoms with Gasteiger partial charge >= 0.3 is 0 Å². The first-order valence-electron chi connectivity index (χ1n) is 8.54. The number of pyridine rings is 1. The van der Waals surface area contributed by atoms with Crippen molar-refractivity contribution in [2.45, 2.75) is 0 Å². The number of hydrogen-bond acceptors (Lipinski definition) is 4. The van der Waals surface area contributed by atoms with Crippen LogP contribution in [0.15, 0.2) is 54.7 Å². The Bertz CT molecular complexity index is 1050. The molecule has 4 aromatic rings. The summed E-state index contributed by atoms with van der Waals surface area (Å²) in [7, 11) is 0. The maximum atomic E-state index is 4.76. The summed E-state index contributed by atoms with van der Waals surface area (Å²) in [5, 5.41) is 1.13. The van der Waals surface area contributed by atoms with Crippen molar-refractivity contribution < 1.29 is 0 Å². The van der Waals surface area contributed by atoms with E-state index in [4.69, 9.17) is 4.98 Å². The molecule has 5 rings (SSSR count). The van der Waals surface area contributed by atoms with Crippen LogP contribution in [0.3, 0.4) is 0 Å². The maximum absolute atomic E-state index is 4.76. The molecule has 3 heterocycles. The number of imidazole rings is 1. The third-order valence-electron chi connectivity index (χ3n) is 4.71. The summed E-state index contributed by atoms with van der Waals surface area (Å²) in [6, 6.07) is 16.8. The molecule has 0 amide bonds. The van der Waals surface area contributed by atoms with Crippen molar-refractivity contribution in [3.8, 4) is 11.4 Å². The lowest BCUT2D eigenvalue weighted by Crippen LogP contribution is -2.32. The average molecular weight is 346 g/mol. The summed E-state index contributed by atoms with van der Waals surface area (Å²) in [6.07, 6.45) is 1.89. The molecule has 25 heavy (non-hydrogen) atoms. The minimum absolute atomic E-state index is 0.875. The highest BCUT2D eigenvalue weighted by Crippen LogP contribution is 2.27. The molecule has 0 radical (unpaired) electrons. The molecule has 1 fully saturated rings. The normalized spacial score (nSPS) is 15.1. The number of nitrogens with one attached hydrogen (secondary N) is 1.